The minimum absolute atomic E-state index is 0.123. The van der Waals surface area contributed by atoms with E-state index >= 15 is 0 Å². The summed E-state index contributed by atoms with van der Waals surface area (Å²) in [6.45, 7) is 5.88. The lowest BCUT2D eigenvalue weighted by molar-refractivity contribution is 0.597. The Balaban J connectivity index is 3.54. The lowest BCUT2D eigenvalue weighted by Gasteiger charge is -2.23. The Labute approximate surface area is 112 Å². The van der Waals surface area contributed by atoms with Crippen molar-refractivity contribution in [1.82, 2.24) is 9.13 Å². The molecule has 0 atom stereocenters. The molecule has 1 aromatic rings. The number of nitrogens with two attached hydrogens (primary N) is 1. The van der Waals surface area contributed by atoms with Crippen molar-refractivity contribution < 1.29 is 0 Å². The van der Waals surface area contributed by atoms with Gasteiger partial charge in [-0.15, -0.1) is 6.42 Å². The van der Waals surface area contributed by atoms with Gasteiger partial charge in [-0.25, -0.2) is 4.79 Å². The Morgan fingerprint density at radius 2 is 2.00 bits per heavy atom. The van der Waals surface area contributed by atoms with E-state index in [1.54, 1.807) is 13.8 Å². The smallest absolute Gasteiger partial charge is 0.332 e. The summed E-state index contributed by atoms with van der Waals surface area (Å²) in [7, 11) is 1.42. The largest absolute Gasteiger partial charge is 0.383 e. The minimum atomic E-state index is -0.727. The molecule has 1 heterocycles. The molecule has 6 heteroatoms. The number of nitrogens with zero attached hydrogens (tertiary/aromatic N) is 2. The normalized spacial score (nSPS) is 11.1. The molecule has 0 amide bonds. The molecule has 0 unspecified atom stereocenters. The van der Waals surface area contributed by atoms with E-state index in [-0.39, 0.29) is 11.5 Å². The second-order valence-electron chi connectivity index (χ2n) is 4.95. The van der Waals surface area contributed by atoms with E-state index in [9.17, 15) is 9.59 Å². The Morgan fingerprint density at radius 3 is 2.47 bits per heavy atom. The fraction of sp³-hybridized carbons (Fsp3) is 0.538. The van der Waals surface area contributed by atoms with Crippen molar-refractivity contribution in [2.75, 3.05) is 11.1 Å². The zero-order valence-corrected chi connectivity index (χ0v) is 11.8. The molecule has 0 fully saturated rings. The first-order valence-electron chi connectivity index (χ1n) is 6.10. The standard InChI is InChI=1S/C13H20N4O2/c1-6-8-17-10(14)9(15-13(3,4)7-2)11(18)16(5)12(17)19/h2,15H,6,8,14H2,1,3-5H3. The van der Waals surface area contributed by atoms with Gasteiger partial charge in [0, 0.05) is 13.6 Å². The average Bonchev–Trinajstić information content (AvgIpc) is 2.37. The Kier molecular flexibility index (Phi) is 4.10. The predicted molar refractivity (Wildman–Crippen MR) is 77.2 cm³/mol. The predicted octanol–water partition coefficient (Wildman–Crippen LogP) is 0.363. The van der Waals surface area contributed by atoms with Gasteiger partial charge in [-0.1, -0.05) is 12.8 Å². The van der Waals surface area contributed by atoms with Crippen LogP contribution in [0, 0.1) is 12.3 Å². The summed E-state index contributed by atoms with van der Waals surface area (Å²) in [4.78, 5) is 24.1. The van der Waals surface area contributed by atoms with Crippen LogP contribution in [0.25, 0.3) is 0 Å². The van der Waals surface area contributed by atoms with E-state index in [0.717, 1.165) is 11.0 Å². The third-order valence-corrected chi connectivity index (χ3v) is 2.83. The molecule has 0 saturated heterocycles. The monoisotopic (exact) mass is 264 g/mol. The van der Waals surface area contributed by atoms with Gasteiger partial charge in [0.2, 0.25) is 0 Å². The van der Waals surface area contributed by atoms with Gasteiger partial charge in [0.1, 0.15) is 11.5 Å². The zero-order valence-electron chi connectivity index (χ0n) is 11.8. The van der Waals surface area contributed by atoms with E-state index in [0.29, 0.717) is 6.54 Å². The molecule has 19 heavy (non-hydrogen) atoms. The van der Waals surface area contributed by atoms with Crippen LogP contribution in [0.5, 0.6) is 0 Å². The molecule has 0 bridgehead atoms. The van der Waals surface area contributed by atoms with E-state index in [1.807, 2.05) is 6.92 Å². The van der Waals surface area contributed by atoms with Gasteiger partial charge in [-0.05, 0) is 20.3 Å². The second kappa shape index (κ2) is 5.22. The molecular formula is C13H20N4O2. The molecular weight excluding hydrogens is 244 g/mol. The molecule has 6 nitrogen and oxygen atoms in total. The summed E-state index contributed by atoms with van der Waals surface area (Å²) in [5, 5.41) is 2.92. The molecule has 3 N–H and O–H groups in total. The summed E-state index contributed by atoms with van der Waals surface area (Å²) >= 11 is 0. The fourth-order valence-corrected chi connectivity index (χ4v) is 1.69. The van der Waals surface area contributed by atoms with Crippen molar-refractivity contribution in [2.24, 2.45) is 7.05 Å². The van der Waals surface area contributed by atoms with Gasteiger partial charge in [-0.2, -0.15) is 0 Å². The van der Waals surface area contributed by atoms with Crippen molar-refractivity contribution in [2.45, 2.75) is 39.3 Å². The van der Waals surface area contributed by atoms with Crippen LogP contribution >= 0.6 is 0 Å². The van der Waals surface area contributed by atoms with E-state index in [1.165, 1.54) is 11.6 Å². The summed E-state index contributed by atoms with van der Waals surface area (Å²) in [6.07, 6.45) is 6.12. The highest BCUT2D eigenvalue weighted by molar-refractivity contribution is 5.62. The summed E-state index contributed by atoms with van der Waals surface area (Å²) in [6, 6.07) is 0. The third-order valence-electron chi connectivity index (χ3n) is 2.83. The van der Waals surface area contributed by atoms with Crippen LogP contribution in [-0.2, 0) is 13.6 Å². The first-order valence-corrected chi connectivity index (χ1v) is 6.10. The summed E-state index contributed by atoms with van der Waals surface area (Å²) < 4.78 is 2.40. The Hall–Kier alpha value is -2.16. The molecule has 0 aromatic carbocycles. The average molecular weight is 264 g/mol. The highest BCUT2D eigenvalue weighted by atomic mass is 16.2. The van der Waals surface area contributed by atoms with E-state index in [2.05, 4.69) is 11.2 Å². The maximum Gasteiger partial charge on any atom is 0.332 e. The summed E-state index contributed by atoms with van der Waals surface area (Å²) in [5.74, 6) is 2.65. The van der Waals surface area contributed by atoms with E-state index < -0.39 is 16.8 Å². The first-order chi connectivity index (χ1) is 8.75. The lowest BCUT2D eigenvalue weighted by Crippen LogP contribution is -2.43. The van der Waals surface area contributed by atoms with Crippen molar-refractivity contribution in [3.8, 4) is 12.3 Å². The number of rotatable bonds is 4. The zero-order chi connectivity index (χ0) is 14.8. The second-order valence-corrected chi connectivity index (χ2v) is 4.95. The number of aromatic nitrogens is 2. The Morgan fingerprint density at radius 1 is 1.42 bits per heavy atom. The van der Waals surface area contributed by atoms with Crippen LogP contribution in [-0.4, -0.2) is 14.7 Å². The van der Waals surface area contributed by atoms with Crippen LogP contribution in [0.15, 0.2) is 9.59 Å². The maximum atomic E-state index is 12.1. The van der Waals surface area contributed by atoms with Gasteiger partial charge >= 0.3 is 5.69 Å². The van der Waals surface area contributed by atoms with Gasteiger partial charge in [0.25, 0.3) is 5.56 Å². The first kappa shape index (κ1) is 14.9. The molecule has 0 radical (unpaired) electrons. The van der Waals surface area contributed by atoms with Crippen LogP contribution in [0.4, 0.5) is 11.5 Å². The fourth-order valence-electron chi connectivity index (χ4n) is 1.69. The van der Waals surface area contributed by atoms with Gasteiger partial charge in [0.05, 0.1) is 5.54 Å². The molecule has 0 saturated carbocycles. The molecule has 0 spiro atoms. The van der Waals surface area contributed by atoms with Gasteiger partial charge < -0.3 is 11.1 Å². The SMILES string of the molecule is C#CC(C)(C)Nc1c(N)n(CCC)c(=O)n(C)c1=O. The number of terminal acetylenes is 1. The van der Waals surface area contributed by atoms with Crippen molar-refractivity contribution in [3.05, 3.63) is 20.8 Å². The number of nitrogens with one attached hydrogen (secondary N) is 1. The molecule has 1 aromatic heterocycles. The number of hydrogen-bond donors (Lipinski definition) is 2. The molecule has 0 aliphatic rings. The maximum absolute atomic E-state index is 12.1. The van der Waals surface area contributed by atoms with Crippen LogP contribution in [0.2, 0.25) is 0 Å². The summed E-state index contributed by atoms with van der Waals surface area (Å²) in [5.41, 5.74) is 4.46. The van der Waals surface area contributed by atoms with Gasteiger partial charge in [0.15, 0.2) is 0 Å². The molecule has 1 rings (SSSR count). The van der Waals surface area contributed by atoms with Crippen LogP contribution in [0.1, 0.15) is 27.2 Å². The van der Waals surface area contributed by atoms with Crippen molar-refractivity contribution in [1.29, 1.82) is 0 Å². The minimum Gasteiger partial charge on any atom is -0.383 e. The number of anilines is 2. The molecule has 0 aliphatic carbocycles. The van der Waals surface area contributed by atoms with Gasteiger partial charge in [-0.3, -0.25) is 13.9 Å². The highest BCUT2D eigenvalue weighted by Gasteiger charge is 2.21. The lowest BCUT2D eigenvalue weighted by atomic mass is 10.1. The third kappa shape index (κ3) is 2.81. The van der Waals surface area contributed by atoms with Crippen molar-refractivity contribution >= 4 is 11.5 Å². The molecule has 104 valence electrons. The van der Waals surface area contributed by atoms with Crippen LogP contribution < -0.4 is 22.3 Å². The molecule has 0 aliphatic heterocycles. The van der Waals surface area contributed by atoms with Crippen molar-refractivity contribution in [3.63, 3.8) is 0 Å². The topological polar surface area (TPSA) is 82.0 Å². The Bertz CT molecular complexity index is 632. The number of hydrogen-bond acceptors (Lipinski definition) is 4. The van der Waals surface area contributed by atoms with E-state index in [4.69, 9.17) is 12.2 Å². The van der Waals surface area contributed by atoms with Crippen LogP contribution in [0.3, 0.4) is 0 Å². The quantitative estimate of drug-likeness (QED) is 0.769. The highest BCUT2D eigenvalue weighted by Crippen LogP contribution is 2.16. The number of nitrogen functional groups attached to an aromatic ring is 1.